The summed E-state index contributed by atoms with van der Waals surface area (Å²) >= 11 is 6.41. The van der Waals surface area contributed by atoms with Crippen molar-refractivity contribution < 1.29 is 9.53 Å². The lowest BCUT2D eigenvalue weighted by atomic mass is 9.85. The maximum absolute atomic E-state index is 12.9. The first-order valence-electron chi connectivity index (χ1n) is 12.1. The molecule has 2 bridgehead atoms. The van der Waals surface area contributed by atoms with Crippen molar-refractivity contribution in [2.24, 2.45) is 0 Å². The summed E-state index contributed by atoms with van der Waals surface area (Å²) < 4.78 is 7.71. The van der Waals surface area contributed by atoms with Crippen molar-refractivity contribution in [2.75, 3.05) is 18.0 Å². The van der Waals surface area contributed by atoms with Gasteiger partial charge in [0.25, 0.3) is 5.56 Å². The summed E-state index contributed by atoms with van der Waals surface area (Å²) in [5.41, 5.74) is 2.80. The monoisotopic (exact) mass is 492 g/mol. The summed E-state index contributed by atoms with van der Waals surface area (Å²) in [6.45, 7) is 11.4. The predicted molar refractivity (Wildman–Crippen MR) is 137 cm³/mol. The third kappa shape index (κ3) is 3.28. The van der Waals surface area contributed by atoms with E-state index in [1.165, 1.54) is 0 Å². The number of aromatic nitrogens is 2. The topological polar surface area (TPSA) is 67.7 Å². The second-order valence-corrected chi connectivity index (χ2v) is 11.8. The van der Waals surface area contributed by atoms with E-state index in [9.17, 15) is 9.59 Å². The zero-order valence-electron chi connectivity index (χ0n) is 20.6. The molecule has 4 aliphatic heterocycles. The van der Waals surface area contributed by atoms with Crippen LogP contribution >= 0.6 is 11.6 Å². The summed E-state index contributed by atoms with van der Waals surface area (Å²) in [7, 11) is 0. The van der Waals surface area contributed by atoms with Crippen molar-refractivity contribution in [1.29, 1.82) is 0 Å². The molecule has 35 heavy (non-hydrogen) atoms. The number of rotatable bonds is 1. The standard InChI is InChI=1S/C27H29ClN4O3/c1-26(2,3)35-25(34)31-16-11-17(31)14-30(13-16)15-9-10-18-21(12-15)32-20-8-6-7-19(28)22(20)23(33)29-24(32)27(18,4)5/h6-10,12,16-17H,11,13-14H2,1-5H3. The number of ether oxygens (including phenoxy) is 1. The van der Waals surface area contributed by atoms with Crippen LogP contribution in [0.1, 0.15) is 52.4 Å². The highest BCUT2D eigenvalue weighted by Gasteiger charge is 2.49. The second-order valence-electron chi connectivity index (χ2n) is 11.4. The van der Waals surface area contributed by atoms with Crippen molar-refractivity contribution in [1.82, 2.24) is 14.5 Å². The summed E-state index contributed by atoms with van der Waals surface area (Å²) in [4.78, 5) is 34.3. The van der Waals surface area contributed by atoms with Gasteiger partial charge in [0.1, 0.15) is 11.4 Å². The van der Waals surface area contributed by atoms with Gasteiger partial charge in [0.05, 0.1) is 39.1 Å². The highest BCUT2D eigenvalue weighted by molar-refractivity contribution is 6.35. The van der Waals surface area contributed by atoms with Crippen molar-refractivity contribution >= 4 is 34.3 Å². The van der Waals surface area contributed by atoms with Crippen LogP contribution in [0.25, 0.3) is 16.6 Å². The van der Waals surface area contributed by atoms with Gasteiger partial charge in [0.2, 0.25) is 0 Å². The van der Waals surface area contributed by atoms with Crippen molar-refractivity contribution in [3.63, 3.8) is 0 Å². The van der Waals surface area contributed by atoms with Crippen LogP contribution in [0.5, 0.6) is 0 Å². The Morgan fingerprint density at radius 1 is 1.14 bits per heavy atom. The molecule has 0 spiro atoms. The van der Waals surface area contributed by atoms with E-state index in [4.69, 9.17) is 16.3 Å². The lowest BCUT2D eigenvalue weighted by Gasteiger charge is -2.56. The lowest BCUT2D eigenvalue weighted by molar-refractivity contribution is -0.0379. The molecule has 182 valence electrons. The van der Waals surface area contributed by atoms with Crippen LogP contribution in [0.4, 0.5) is 10.5 Å². The molecule has 7 rings (SSSR count). The van der Waals surface area contributed by atoms with E-state index in [0.29, 0.717) is 10.4 Å². The van der Waals surface area contributed by atoms with E-state index >= 15 is 0 Å². The normalized spacial score (nSPS) is 22.0. The third-order valence-corrected chi connectivity index (χ3v) is 7.80. The number of anilines is 1. The Labute approximate surface area is 209 Å². The van der Waals surface area contributed by atoms with Crippen LogP contribution in [0.2, 0.25) is 5.02 Å². The largest absolute Gasteiger partial charge is 0.444 e. The number of hydrogen-bond donors (Lipinski definition) is 0. The number of hydrogen-bond acceptors (Lipinski definition) is 5. The van der Waals surface area contributed by atoms with Crippen LogP contribution in [-0.4, -0.2) is 51.3 Å². The molecule has 3 fully saturated rings. The molecular weight excluding hydrogens is 464 g/mol. The average Bonchev–Trinajstić information content (AvgIpc) is 2.99. The first kappa shape index (κ1) is 22.4. The highest BCUT2D eigenvalue weighted by atomic mass is 35.5. The zero-order valence-corrected chi connectivity index (χ0v) is 21.4. The van der Waals surface area contributed by atoms with Gasteiger partial charge in [-0.05, 0) is 70.9 Å². The minimum Gasteiger partial charge on any atom is -0.444 e. The molecule has 2 atom stereocenters. The Morgan fingerprint density at radius 3 is 2.54 bits per heavy atom. The molecule has 0 aliphatic carbocycles. The van der Waals surface area contributed by atoms with Crippen LogP contribution in [0.15, 0.2) is 41.2 Å². The fraction of sp³-hybridized carbons (Fsp3) is 0.444. The molecular formula is C27H29ClN4O3. The van der Waals surface area contributed by atoms with E-state index in [0.717, 1.165) is 47.8 Å². The van der Waals surface area contributed by atoms with E-state index in [1.54, 1.807) is 6.07 Å². The number of piperazine rings is 1. The van der Waals surface area contributed by atoms with Gasteiger partial charge in [-0.3, -0.25) is 14.3 Å². The first-order chi connectivity index (χ1) is 16.5. The van der Waals surface area contributed by atoms with Gasteiger partial charge in [0, 0.05) is 18.8 Å². The Hall–Kier alpha value is -3.06. The summed E-state index contributed by atoms with van der Waals surface area (Å²) in [6, 6.07) is 12.3. The van der Waals surface area contributed by atoms with Crippen LogP contribution in [0, 0.1) is 0 Å². The van der Waals surface area contributed by atoms with E-state index in [2.05, 4.69) is 46.5 Å². The molecule has 3 aromatic rings. The molecule has 0 N–H and O–H groups in total. The molecule has 2 aromatic carbocycles. The summed E-state index contributed by atoms with van der Waals surface area (Å²) in [5.74, 6) is 0.724. The molecule has 8 heteroatoms. The first-order valence-corrected chi connectivity index (χ1v) is 12.5. The number of amides is 1. The van der Waals surface area contributed by atoms with Crippen molar-refractivity contribution in [3.8, 4) is 5.69 Å². The number of nitrogens with zero attached hydrogens (tertiary/aromatic N) is 4. The minimum absolute atomic E-state index is 0.151. The molecule has 4 aliphatic rings. The van der Waals surface area contributed by atoms with Gasteiger partial charge in [-0.15, -0.1) is 0 Å². The minimum atomic E-state index is -0.498. The molecule has 7 nitrogen and oxygen atoms in total. The molecule has 0 saturated carbocycles. The molecule has 0 radical (unpaired) electrons. The number of halogens is 1. The van der Waals surface area contributed by atoms with Crippen LogP contribution in [0.3, 0.4) is 0 Å². The quantitative estimate of drug-likeness (QED) is 0.484. The average molecular weight is 493 g/mol. The van der Waals surface area contributed by atoms with Crippen molar-refractivity contribution in [3.05, 3.63) is 63.2 Å². The Morgan fingerprint density at radius 2 is 1.86 bits per heavy atom. The van der Waals surface area contributed by atoms with Crippen LogP contribution < -0.4 is 10.5 Å². The van der Waals surface area contributed by atoms with Gasteiger partial charge >= 0.3 is 6.09 Å². The third-order valence-electron chi connectivity index (χ3n) is 7.48. The molecule has 3 saturated heterocycles. The van der Waals surface area contributed by atoms with Gasteiger partial charge in [-0.25, -0.2) is 4.79 Å². The van der Waals surface area contributed by atoms with Gasteiger partial charge in [-0.2, -0.15) is 4.98 Å². The summed E-state index contributed by atoms with van der Waals surface area (Å²) in [5, 5.41) is 0.857. The fourth-order valence-electron chi connectivity index (χ4n) is 5.87. The van der Waals surface area contributed by atoms with Gasteiger partial charge in [-0.1, -0.05) is 23.7 Å². The SMILES string of the molecule is CC(C)(C)OC(=O)N1C2CC1CN(c1ccc3c(c1)-n1c(nc(=O)c4c(Cl)cccc41)C3(C)C)C2. The van der Waals surface area contributed by atoms with E-state index < -0.39 is 11.0 Å². The molecule has 1 aromatic heterocycles. The highest BCUT2D eigenvalue weighted by Crippen LogP contribution is 2.45. The number of benzene rings is 2. The molecule has 2 unspecified atom stereocenters. The molecule has 5 heterocycles. The Balaban J connectivity index is 1.37. The zero-order chi connectivity index (χ0) is 24.9. The number of fused-ring (bicyclic) bond motifs is 7. The maximum Gasteiger partial charge on any atom is 0.410 e. The second kappa shape index (κ2) is 7.23. The van der Waals surface area contributed by atoms with E-state index in [1.807, 2.05) is 37.8 Å². The predicted octanol–water partition coefficient (Wildman–Crippen LogP) is 4.88. The van der Waals surface area contributed by atoms with Gasteiger partial charge < -0.3 is 9.64 Å². The Bertz CT molecular complexity index is 1440. The smallest absolute Gasteiger partial charge is 0.410 e. The van der Waals surface area contributed by atoms with Crippen molar-refractivity contribution in [2.45, 2.75) is 64.1 Å². The number of carbonyl (C=O) groups excluding carboxylic acids is 1. The van der Waals surface area contributed by atoms with E-state index in [-0.39, 0.29) is 23.7 Å². The van der Waals surface area contributed by atoms with Crippen LogP contribution in [-0.2, 0) is 10.2 Å². The Kier molecular flexibility index (Phi) is 4.63. The molecule has 1 amide bonds. The fourth-order valence-corrected chi connectivity index (χ4v) is 6.12. The number of piperidine rings is 1. The number of carbonyl (C=O) groups is 1. The lowest BCUT2D eigenvalue weighted by Crippen LogP contribution is -2.70. The summed E-state index contributed by atoms with van der Waals surface area (Å²) in [6.07, 6.45) is 0.784. The van der Waals surface area contributed by atoms with Gasteiger partial charge in [0.15, 0.2) is 0 Å². The maximum atomic E-state index is 12.9.